The molecule has 1 saturated heterocycles. The van der Waals surface area contributed by atoms with Crippen LogP contribution < -0.4 is 0 Å². The zero-order chi connectivity index (χ0) is 17.9. The molecule has 24 heavy (non-hydrogen) atoms. The Morgan fingerprint density at radius 1 is 1.38 bits per heavy atom. The molecule has 3 fully saturated rings. The third-order valence-electron chi connectivity index (χ3n) is 5.96. The molecule has 2 saturated carbocycles. The first kappa shape index (κ1) is 17.2. The number of esters is 3. The number of hydrogen-bond acceptors (Lipinski definition) is 6. The lowest BCUT2D eigenvalue weighted by molar-refractivity contribution is -0.192. The van der Waals surface area contributed by atoms with Crippen LogP contribution in [0.3, 0.4) is 0 Å². The summed E-state index contributed by atoms with van der Waals surface area (Å²) in [4.78, 5) is 36.5. The van der Waals surface area contributed by atoms with Crippen molar-refractivity contribution in [3.05, 3.63) is 0 Å². The van der Waals surface area contributed by atoms with Gasteiger partial charge in [0.05, 0.1) is 11.8 Å². The lowest BCUT2D eigenvalue weighted by Gasteiger charge is -2.35. The van der Waals surface area contributed by atoms with Gasteiger partial charge in [0, 0.05) is 11.3 Å². The first-order valence-electron chi connectivity index (χ1n) is 8.73. The van der Waals surface area contributed by atoms with E-state index in [9.17, 15) is 14.4 Å². The molecule has 2 aliphatic carbocycles. The molecule has 2 bridgehead atoms. The summed E-state index contributed by atoms with van der Waals surface area (Å²) in [6.45, 7) is 8.76. The van der Waals surface area contributed by atoms with Crippen molar-refractivity contribution in [3.63, 3.8) is 0 Å². The van der Waals surface area contributed by atoms with Gasteiger partial charge >= 0.3 is 17.9 Å². The Morgan fingerprint density at radius 2 is 2.04 bits per heavy atom. The van der Waals surface area contributed by atoms with Crippen molar-refractivity contribution in [3.8, 4) is 0 Å². The maximum Gasteiger partial charge on any atom is 0.350 e. The van der Waals surface area contributed by atoms with Crippen molar-refractivity contribution in [2.45, 2.75) is 71.7 Å². The Kier molecular flexibility index (Phi) is 3.92. The second kappa shape index (κ2) is 5.46. The summed E-state index contributed by atoms with van der Waals surface area (Å²) in [6, 6.07) is 0. The number of fused-ring (bicyclic) bond motifs is 1. The van der Waals surface area contributed by atoms with E-state index in [0.29, 0.717) is 12.8 Å². The van der Waals surface area contributed by atoms with Gasteiger partial charge in [-0.3, -0.25) is 9.59 Å². The second-order valence-corrected chi connectivity index (χ2v) is 8.30. The highest BCUT2D eigenvalue weighted by Gasteiger charge is 2.69. The van der Waals surface area contributed by atoms with E-state index in [1.165, 1.54) is 13.8 Å². The number of carbonyl (C=O) groups is 3. The van der Waals surface area contributed by atoms with Crippen molar-refractivity contribution in [2.75, 3.05) is 0 Å². The van der Waals surface area contributed by atoms with Crippen molar-refractivity contribution >= 4 is 17.9 Å². The SMILES string of the molecule is CCC(C)C(=O)OC(C)(C)C(=O)OC1C2OC(=O)C3CC1(C)CC32. The molecule has 0 aromatic carbocycles. The zero-order valence-electron chi connectivity index (χ0n) is 15.0. The Bertz CT molecular complexity index is 582. The third kappa shape index (κ3) is 2.50. The Morgan fingerprint density at radius 3 is 2.67 bits per heavy atom. The zero-order valence-corrected chi connectivity index (χ0v) is 15.0. The van der Waals surface area contributed by atoms with Gasteiger partial charge in [-0.25, -0.2) is 4.79 Å². The molecule has 0 spiro atoms. The molecule has 6 atom stereocenters. The Labute approximate surface area is 142 Å². The average Bonchev–Trinajstić information content (AvgIpc) is 3.05. The number of carbonyl (C=O) groups excluding carboxylic acids is 3. The van der Waals surface area contributed by atoms with Crippen molar-refractivity contribution in [1.82, 2.24) is 0 Å². The first-order valence-corrected chi connectivity index (χ1v) is 8.73. The van der Waals surface area contributed by atoms with Gasteiger partial charge in [0.15, 0.2) is 0 Å². The van der Waals surface area contributed by atoms with E-state index in [0.717, 1.165) is 6.42 Å². The molecule has 1 aliphatic heterocycles. The maximum absolute atomic E-state index is 12.6. The van der Waals surface area contributed by atoms with Crippen molar-refractivity contribution in [1.29, 1.82) is 0 Å². The molecule has 0 aromatic heterocycles. The summed E-state index contributed by atoms with van der Waals surface area (Å²) in [5.41, 5.74) is -1.60. The van der Waals surface area contributed by atoms with Gasteiger partial charge in [0.1, 0.15) is 12.2 Å². The van der Waals surface area contributed by atoms with Gasteiger partial charge < -0.3 is 14.2 Å². The molecule has 6 heteroatoms. The average molecular weight is 338 g/mol. The van der Waals surface area contributed by atoms with E-state index in [1.807, 2.05) is 13.8 Å². The van der Waals surface area contributed by atoms with E-state index < -0.39 is 23.6 Å². The van der Waals surface area contributed by atoms with Crippen LogP contribution in [0.5, 0.6) is 0 Å². The van der Waals surface area contributed by atoms with Crippen LogP contribution in [0, 0.1) is 23.2 Å². The van der Waals surface area contributed by atoms with Crippen LogP contribution in [-0.2, 0) is 28.6 Å². The van der Waals surface area contributed by atoms with Crippen LogP contribution in [-0.4, -0.2) is 35.7 Å². The predicted octanol–water partition coefficient (Wildman–Crippen LogP) is 2.24. The minimum atomic E-state index is -1.36. The molecule has 3 rings (SSSR count). The molecule has 0 radical (unpaired) electrons. The fourth-order valence-electron chi connectivity index (χ4n) is 4.27. The lowest BCUT2D eigenvalue weighted by atomic mass is 9.79. The molecule has 0 N–H and O–H groups in total. The molecule has 1 heterocycles. The maximum atomic E-state index is 12.6. The van der Waals surface area contributed by atoms with E-state index in [2.05, 4.69) is 0 Å². The van der Waals surface area contributed by atoms with Crippen LogP contribution in [0.15, 0.2) is 0 Å². The summed E-state index contributed by atoms with van der Waals surface area (Å²) in [6.07, 6.45) is 1.36. The number of rotatable bonds is 5. The van der Waals surface area contributed by atoms with E-state index in [1.54, 1.807) is 6.92 Å². The molecule has 0 amide bonds. The quantitative estimate of drug-likeness (QED) is 0.565. The summed E-state index contributed by atoms with van der Waals surface area (Å²) < 4.78 is 16.5. The molecule has 134 valence electrons. The van der Waals surface area contributed by atoms with Crippen LogP contribution in [0.1, 0.15) is 53.9 Å². The molecular weight excluding hydrogens is 312 g/mol. The van der Waals surface area contributed by atoms with Gasteiger partial charge in [-0.05, 0) is 33.1 Å². The Balaban J connectivity index is 1.69. The summed E-state index contributed by atoms with van der Waals surface area (Å²) in [5.74, 6) is -1.34. The highest BCUT2D eigenvalue weighted by Crippen LogP contribution is 2.62. The van der Waals surface area contributed by atoms with E-state index in [4.69, 9.17) is 14.2 Å². The molecule has 6 nitrogen and oxygen atoms in total. The molecule has 6 unspecified atom stereocenters. The normalized spacial score (nSPS) is 38.0. The van der Waals surface area contributed by atoms with Crippen LogP contribution in [0.2, 0.25) is 0 Å². The fourth-order valence-corrected chi connectivity index (χ4v) is 4.27. The monoisotopic (exact) mass is 338 g/mol. The first-order chi connectivity index (χ1) is 11.1. The summed E-state index contributed by atoms with van der Waals surface area (Å²) in [5, 5.41) is 0. The largest absolute Gasteiger partial charge is 0.458 e. The molecule has 0 aromatic rings. The van der Waals surface area contributed by atoms with Gasteiger partial charge in [-0.2, -0.15) is 0 Å². The van der Waals surface area contributed by atoms with Gasteiger partial charge in [0.2, 0.25) is 5.60 Å². The summed E-state index contributed by atoms with van der Waals surface area (Å²) in [7, 11) is 0. The predicted molar refractivity (Wildman–Crippen MR) is 83.7 cm³/mol. The highest BCUT2D eigenvalue weighted by atomic mass is 16.6. The summed E-state index contributed by atoms with van der Waals surface area (Å²) >= 11 is 0. The standard InChI is InChI=1S/C18H26O6/c1-6-9(2)14(19)24-17(3,4)16(21)23-13-12-10-7-18(13,5)8-11(10)15(20)22-12/h9-13H,6-8H2,1-5H3. The topological polar surface area (TPSA) is 78.9 Å². The second-order valence-electron chi connectivity index (χ2n) is 8.30. The smallest absolute Gasteiger partial charge is 0.350 e. The number of hydrogen-bond donors (Lipinski definition) is 0. The Hall–Kier alpha value is -1.59. The van der Waals surface area contributed by atoms with Crippen LogP contribution >= 0.6 is 0 Å². The van der Waals surface area contributed by atoms with Crippen molar-refractivity contribution in [2.24, 2.45) is 23.2 Å². The lowest BCUT2D eigenvalue weighted by Crippen LogP contribution is -2.47. The molecule has 3 aliphatic rings. The van der Waals surface area contributed by atoms with E-state index in [-0.39, 0.29) is 35.2 Å². The van der Waals surface area contributed by atoms with Gasteiger partial charge in [-0.15, -0.1) is 0 Å². The van der Waals surface area contributed by atoms with Crippen molar-refractivity contribution < 1.29 is 28.6 Å². The highest BCUT2D eigenvalue weighted by molar-refractivity contribution is 5.84. The number of ether oxygens (including phenoxy) is 3. The third-order valence-corrected chi connectivity index (χ3v) is 5.96. The van der Waals surface area contributed by atoms with Gasteiger partial charge in [0.25, 0.3) is 0 Å². The molecular formula is C18H26O6. The van der Waals surface area contributed by atoms with Crippen LogP contribution in [0.25, 0.3) is 0 Å². The van der Waals surface area contributed by atoms with E-state index >= 15 is 0 Å². The fraction of sp³-hybridized carbons (Fsp3) is 0.833. The minimum absolute atomic E-state index is 0.0498. The van der Waals surface area contributed by atoms with Gasteiger partial charge in [-0.1, -0.05) is 20.8 Å². The minimum Gasteiger partial charge on any atom is -0.458 e. The van der Waals surface area contributed by atoms with Crippen LogP contribution in [0.4, 0.5) is 0 Å².